The molecule has 2 aliphatic rings. The van der Waals surface area contributed by atoms with E-state index in [0.29, 0.717) is 18.3 Å². The van der Waals surface area contributed by atoms with Crippen LogP contribution in [0.15, 0.2) is 17.1 Å². The van der Waals surface area contributed by atoms with Crippen molar-refractivity contribution in [2.24, 2.45) is 0 Å². The molecule has 4 rings (SSSR count). The fourth-order valence-electron chi connectivity index (χ4n) is 2.87. The van der Waals surface area contributed by atoms with Crippen LogP contribution < -0.4 is 10.9 Å². The Morgan fingerprint density at radius 3 is 3.14 bits per heavy atom. The second-order valence-electron chi connectivity index (χ2n) is 5.89. The summed E-state index contributed by atoms with van der Waals surface area (Å²) >= 11 is 0. The molecule has 22 heavy (non-hydrogen) atoms. The van der Waals surface area contributed by atoms with Crippen LogP contribution in [0.1, 0.15) is 53.0 Å². The van der Waals surface area contributed by atoms with E-state index >= 15 is 0 Å². The Bertz CT molecular complexity index is 787. The lowest BCUT2D eigenvalue weighted by molar-refractivity contribution is 0.0944. The predicted molar refractivity (Wildman–Crippen MR) is 78.6 cm³/mol. The summed E-state index contributed by atoms with van der Waals surface area (Å²) in [5, 5.41) is 2.83. The van der Waals surface area contributed by atoms with Gasteiger partial charge in [0, 0.05) is 24.9 Å². The van der Waals surface area contributed by atoms with Crippen molar-refractivity contribution in [3.05, 3.63) is 45.7 Å². The molecule has 1 aliphatic heterocycles. The van der Waals surface area contributed by atoms with Crippen LogP contribution in [0.2, 0.25) is 0 Å². The predicted octanol–water partition coefficient (Wildman–Crippen LogP) is 0.720. The highest BCUT2D eigenvalue weighted by Gasteiger charge is 2.27. The molecule has 7 heteroatoms. The van der Waals surface area contributed by atoms with Crippen molar-refractivity contribution in [3.8, 4) is 0 Å². The van der Waals surface area contributed by atoms with Gasteiger partial charge in [0.15, 0.2) is 0 Å². The molecule has 0 saturated heterocycles. The standard InChI is InChI=1S/C15H17N5O2/c21-13-6-11(18-14(19-13)9-3-4-9)15(22)17-8-10-7-16-12-2-1-5-20(10)12/h6-7,9H,1-5,8H2,(H,17,22)(H,18,19,21). The van der Waals surface area contributed by atoms with Crippen molar-refractivity contribution in [2.75, 3.05) is 0 Å². The minimum absolute atomic E-state index is 0.187. The van der Waals surface area contributed by atoms with Gasteiger partial charge in [-0.1, -0.05) is 0 Å². The summed E-state index contributed by atoms with van der Waals surface area (Å²) in [6.45, 7) is 1.36. The quantitative estimate of drug-likeness (QED) is 0.870. The van der Waals surface area contributed by atoms with E-state index in [-0.39, 0.29) is 17.2 Å². The van der Waals surface area contributed by atoms with Gasteiger partial charge in [-0.05, 0) is 19.3 Å². The van der Waals surface area contributed by atoms with Gasteiger partial charge in [0.2, 0.25) is 0 Å². The highest BCUT2D eigenvalue weighted by Crippen LogP contribution is 2.37. The third-order valence-electron chi connectivity index (χ3n) is 4.19. The second-order valence-corrected chi connectivity index (χ2v) is 5.89. The van der Waals surface area contributed by atoms with E-state index in [9.17, 15) is 9.59 Å². The summed E-state index contributed by atoms with van der Waals surface area (Å²) < 4.78 is 2.14. The monoisotopic (exact) mass is 299 g/mol. The van der Waals surface area contributed by atoms with Crippen molar-refractivity contribution in [2.45, 2.75) is 44.7 Å². The molecule has 1 saturated carbocycles. The van der Waals surface area contributed by atoms with E-state index < -0.39 is 0 Å². The molecule has 2 aromatic rings. The number of imidazole rings is 1. The van der Waals surface area contributed by atoms with Crippen molar-refractivity contribution in [1.82, 2.24) is 24.8 Å². The zero-order valence-electron chi connectivity index (χ0n) is 12.1. The Morgan fingerprint density at radius 1 is 1.45 bits per heavy atom. The first kappa shape index (κ1) is 13.2. The fourth-order valence-corrected chi connectivity index (χ4v) is 2.87. The van der Waals surface area contributed by atoms with Crippen molar-refractivity contribution in [3.63, 3.8) is 0 Å². The second kappa shape index (κ2) is 5.08. The van der Waals surface area contributed by atoms with Gasteiger partial charge in [-0.2, -0.15) is 0 Å². The molecule has 1 fully saturated rings. The lowest BCUT2D eigenvalue weighted by Gasteiger charge is -2.07. The molecule has 0 spiro atoms. The number of aryl methyl sites for hydroxylation is 1. The smallest absolute Gasteiger partial charge is 0.270 e. The van der Waals surface area contributed by atoms with E-state index in [2.05, 4.69) is 24.8 Å². The number of nitrogens with one attached hydrogen (secondary N) is 2. The number of H-pyrrole nitrogens is 1. The van der Waals surface area contributed by atoms with Crippen LogP contribution in [-0.4, -0.2) is 25.4 Å². The average molecular weight is 299 g/mol. The molecule has 2 N–H and O–H groups in total. The summed E-state index contributed by atoms with van der Waals surface area (Å²) in [5.74, 6) is 1.69. The van der Waals surface area contributed by atoms with Crippen LogP contribution in [0.4, 0.5) is 0 Å². The van der Waals surface area contributed by atoms with Gasteiger partial charge in [0.25, 0.3) is 11.5 Å². The van der Waals surface area contributed by atoms with E-state index in [1.165, 1.54) is 6.07 Å². The average Bonchev–Trinajstić information content (AvgIpc) is 3.13. The molecule has 0 aromatic carbocycles. The van der Waals surface area contributed by atoms with E-state index in [1.807, 2.05) is 0 Å². The number of carbonyl (C=O) groups is 1. The van der Waals surface area contributed by atoms with Crippen LogP contribution in [-0.2, 0) is 19.5 Å². The highest BCUT2D eigenvalue weighted by atomic mass is 16.2. The SMILES string of the molecule is O=C(NCc1cnc2n1CCC2)c1cc(=O)[nH]c(C2CC2)n1. The van der Waals surface area contributed by atoms with Gasteiger partial charge in [-0.15, -0.1) is 0 Å². The normalized spacial score (nSPS) is 16.5. The Kier molecular flexibility index (Phi) is 3.06. The maximum atomic E-state index is 12.2. The molecule has 0 unspecified atom stereocenters. The van der Waals surface area contributed by atoms with Gasteiger partial charge in [0.1, 0.15) is 17.3 Å². The van der Waals surface area contributed by atoms with Gasteiger partial charge in [-0.3, -0.25) is 9.59 Å². The van der Waals surface area contributed by atoms with Gasteiger partial charge in [0.05, 0.1) is 18.4 Å². The van der Waals surface area contributed by atoms with E-state index in [4.69, 9.17) is 0 Å². The third kappa shape index (κ3) is 2.43. The number of rotatable bonds is 4. The molecule has 2 aromatic heterocycles. The summed E-state index contributed by atoms with van der Waals surface area (Å²) in [5.41, 5.74) is 0.909. The molecule has 7 nitrogen and oxygen atoms in total. The summed E-state index contributed by atoms with van der Waals surface area (Å²) in [4.78, 5) is 35.2. The number of nitrogens with zero attached hydrogens (tertiary/aromatic N) is 3. The minimum atomic E-state index is -0.318. The number of aromatic amines is 1. The van der Waals surface area contributed by atoms with Crippen LogP contribution in [0, 0.1) is 0 Å². The summed E-state index contributed by atoms with van der Waals surface area (Å²) in [6, 6.07) is 1.25. The Morgan fingerprint density at radius 2 is 2.32 bits per heavy atom. The Balaban J connectivity index is 1.49. The van der Waals surface area contributed by atoms with E-state index in [0.717, 1.165) is 43.7 Å². The van der Waals surface area contributed by atoms with Crippen LogP contribution in [0.3, 0.4) is 0 Å². The van der Waals surface area contributed by atoms with Crippen molar-refractivity contribution >= 4 is 5.91 Å². The number of aromatic nitrogens is 4. The molecular formula is C15H17N5O2. The zero-order valence-corrected chi connectivity index (χ0v) is 12.1. The first-order chi connectivity index (χ1) is 10.7. The fraction of sp³-hybridized carbons (Fsp3) is 0.467. The molecule has 0 bridgehead atoms. The molecule has 0 radical (unpaired) electrons. The molecular weight excluding hydrogens is 282 g/mol. The van der Waals surface area contributed by atoms with Crippen LogP contribution in [0.25, 0.3) is 0 Å². The van der Waals surface area contributed by atoms with Gasteiger partial charge >= 0.3 is 0 Å². The molecule has 1 aliphatic carbocycles. The number of carbonyl (C=O) groups excluding carboxylic acids is 1. The summed E-state index contributed by atoms with van der Waals surface area (Å²) in [6.07, 6.45) is 5.94. The minimum Gasteiger partial charge on any atom is -0.345 e. The number of hydrogen-bond acceptors (Lipinski definition) is 4. The number of fused-ring (bicyclic) bond motifs is 1. The molecule has 0 atom stereocenters. The summed E-state index contributed by atoms with van der Waals surface area (Å²) in [7, 11) is 0. The lowest BCUT2D eigenvalue weighted by atomic mass is 10.3. The zero-order chi connectivity index (χ0) is 15.1. The Hall–Kier alpha value is -2.44. The Labute approximate surface area is 126 Å². The van der Waals surface area contributed by atoms with Crippen LogP contribution in [0.5, 0.6) is 0 Å². The molecule has 3 heterocycles. The maximum Gasteiger partial charge on any atom is 0.270 e. The van der Waals surface area contributed by atoms with Crippen LogP contribution >= 0.6 is 0 Å². The number of amides is 1. The molecule has 1 amide bonds. The highest BCUT2D eigenvalue weighted by molar-refractivity contribution is 5.92. The largest absolute Gasteiger partial charge is 0.345 e. The number of hydrogen-bond donors (Lipinski definition) is 2. The topological polar surface area (TPSA) is 92.7 Å². The van der Waals surface area contributed by atoms with Crippen molar-refractivity contribution < 1.29 is 4.79 Å². The first-order valence-electron chi connectivity index (χ1n) is 7.63. The van der Waals surface area contributed by atoms with E-state index in [1.54, 1.807) is 6.20 Å². The maximum absolute atomic E-state index is 12.2. The third-order valence-corrected chi connectivity index (χ3v) is 4.19. The first-order valence-corrected chi connectivity index (χ1v) is 7.63. The van der Waals surface area contributed by atoms with Crippen molar-refractivity contribution in [1.29, 1.82) is 0 Å². The lowest BCUT2D eigenvalue weighted by Crippen LogP contribution is -2.27. The van der Waals surface area contributed by atoms with Gasteiger partial charge in [-0.25, -0.2) is 9.97 Å². The molecule has 114 valence electrons. The van der Waals surface area contributed by atoms with Gasteiger partial charge < -0.3 is 14.9 Å².